The van der Waals surface area contributed by atoms with Crippen LogP contribution < -0.4 is 34.7 Å². The Morgan fingerprint density at radius 2 is 2.15 bits per heavy atom. The molecule has 0 saturated carbocycles. The summed E-state index contributed by atoms with van der Waals surface area (Å²) in [5.74, 6) is -1.12. The van der Waals surface area contributed by atoms with Crippen LogP contribution in [0.1, 0.15) is 22.8 Å². The first-order valence-corrected chi connectivity index (χ1v) is 3.68. The summed E-state index contributed by atoms with van der Waals surface area (Å²) >= 11 is 0. The van der Waals surface area contributed by atoms with Crippen LogP contribution in [0.25, 0.3) is 0 Å². The number of aryl methyl sites for hydroxylation is 1. The molecule has 0 heterocycles. The fourth-order valence-electron chi connectivity index (χ4n) is 1.07. The molecule has 1 rings (SSSR count). The zero-order valence-corrected chi connectivity index (χ0v) is 9.70. The molecule has 4 heteroatoms. The van der Waals surface area contributed by atoms with Crippen LogP contribution in [0.3, 0.4) is 0 Å². The van der Waals surface area contributed by atoms with Crippen molar-refractivity contribution in [3.05, 3.63) is 29.3 Å². The van der Waals surface area contributed by atoms with Gasteiger partial charge in [0.15, 0.2) is 0 Å². The minimum Gasteiger partial charge on any atom is -0.545 e. The minimum absolute atomic E-state index is 0. The van der Waals surface area contributed by atoms with Gasteiger partial charge in [0.25, 0.3) is 0 Å². The van der Waals surface area contributed by atoms with E-state index in [2.05, 4.69) is 0 Å². The van der Waals surface area contributed by atoms with E-state index in [1.54, 1.807) is 0 Å². The molecule has 0 aliphatic carbocycles. The number of rotatable bonds is 2. The van der Waals surface area contributed by atoms with Crippen molar-refractivity contribution in [1.82, 2.24) is 0 Å². The Morgan fingerprint density at radius 1 is 1.54 bits per heavy atom. The maximum atomic E-state index is 10.5. The van der Waals surface area contributed by atoms with Crippen molar-refractivity contribution < 1.29 is 44.6 Å². The quantitative estimate of drug-likeness (QED) is 0.515. The van der Waals surface area contributed by atoms with Gasteiger partial charge in [-0.25, -0.2) is 0 Å². The molecule has 13 heavy (non-hydrogen) atoms. The van der Waals surface area contributed by atoms with Crippen LogP contribution in [-0.2, 0) is 6.42 Å². The maximum absolute atomic E-state index is 10.5. The molecule has 0 amide bonds. The van der Waals surface area contributed by atoms with E-state index in [4.69, 9.17) is 5.11 Å². The van der Waals surface area contributed by atoms with Crippen LogP contribution in [-0.4, -0.2) is 11.1 Å². The van der Waals surface area contributed by atoms with Gasteiger partial charge in [-0.15, -0.1) is 0 Å². The number of benzene rings is 1. The van der Waals surface area contributed by atoms with Gasteiger partial charge in [0.05, 0.1) is 5.97 Å². The van der Waals surface area contributed by atoms with Gasteiger partial charge in [-0.05, 0) is 30.2 Å². The van der Waals surface area contributed by atoms with Crippen molar-refractivity contribution in [2.75, 3.05) is 0 Å². The monoisotopic (exact) mass is 188 g/mol. The number of carboxylic acid groups (broad SMARTS) is 1. The summed E-state index contributed by atoms with van der Waals surface area (Å²) in [6.07, 6.45) is 0.567. The second kappa shape index (κ2) is 5.27. The van der Waals surface area contributed by atoms with Gasteiger partial charge in [-0.2, -0.15) is 0 Å². The summed E-state index contributed by atoms with van der Waals surface area (Å²) in [4.78, 5) is 10.5. The standard InChI is InChI=1S/C9H10O3.Na/c1-2-6-5-7(10)3-4-8(6)9(11)12;/h3-5,10H,2H2,1H3,(H,11,12);/q;+1/p-1. The number of phenolic OH excluding ortho intramolecular Hbond substituents is 1. The fourth-order valence-corrected chi connectivity index (χ4v) is 1.07. The second-order valence-electron chi connectivity index (χ2n) is 2.48. The molecule has 0 fully saturated rings. The average molecular weight is 188 g/mol. The molecular formula is C9H9NaO3. The summed E-state index contributed by atoms with van der Waals surface area (Å²) in [7, 11) is 0. The first-order valence-electron chi connectivity index (χ1n) is 3.68. The molecule has 1 aromatic carbocycles. The predicted molar refractivity (Wildman–Crippen MR) is 41.8 cm³/mol. The summed E-state index contributed by atoms with van der Waals surface area (Å²) in [5.41, 5.74) is 0.741. The smallest absolute Gasteiger partial charge is 0.545 e. The van der Waals surface area contributed by atoms with Gasteiger partial charge in [-0.3, -0.25) is 0 Å². The van der Waals surface area contributed by atoms with Crippen molar-refractivity contribution in [3.63, 3.8) is 0 Å². The molecule has 0 bridgehead atoms. The minimum atomic E-state index is -1.20. The largest absolute Gasteiger partial charge is 1.00 e. The Bertz CT molecular complexity index is 310. The topological polar surface area (TPSA) is 60.4 Å². The molecular weight excluding hydrogens is 179 g/mol. The van der Waals surface area contributed by atoms with Crippen LogP contribution in [0, 0.1) is 0 Å². The average Bonchev–Trinajstić information content (AvgIpc) is 2.03. The van der Waals surface area contributed by atoms with Gasteiger partial charge in [0, 0.05) is 5.56 Å². The number of carbonyl (C=O) groups excluding carboxylic acids is 1. The van der Waals surface area contributed by atoms with E-state index in [9.17, 15) is 9.90 Å². The predicted octanol–water partition coefficient (Wildman–Crippen LogP) is -2.68. The van der Waals surface area contributed by atoms with Crippen LogP contribution in [0.4, 0.5) is 0 Å². The van der Waals surface area contributed by atoms with Gasteiger partial charge in [0.2, 0.25) is 0 Å². The molecule has 0 radical (unpaired) electrons. The van der Waals surface area contributed by atoms with E-state index in [0.717, 1.165) is 0 Å². The van der Waals surface area contributed by atoms with Gasteiger partial charge < -0.3 is 15.0 Å². The van der Waals surface area contributed by atoms with Crippen molar-refractivity contribution >= 4 is 5.97 Å². The Hall–Kier alpha value is -0.510. The van der Waals surface area contributed by atoms with Gasteiger partial charge >= 0.3 is 29.6 Å². The number of aromatic carboxylic acids is 1. The summed E-state index contributed by atoms with van der Waals surface area (Å²) in [6.45, 7) is 1.82. The normalized spacial score (nSPS) is 9.00. The molecule has 0 aromatic heterocycles. The number of aromatic hydroxyl groups is 1. The molecule has 0 aliphatic heterocycles. The van der Waals surface area contributed by atoms with Crippen molar-refractivity contribution in [1.29, 1.82) is 0 Å². The van der Waals surface area contributed by atoms with E-state index in [0.29, 0.717) is 12.0 Å². The third-order valence-corrected chi connectivity index (χ3v) is 1.69. The van der Waals surface area contributed by atoms with Gasteiger partial charge in [0.1, 0.15) is 5.75 Å². The second-order valence-corrected chi connectivity index (χ2v) is 2.48. The SMILES string of the molecule is CCc1cc(O)ccc1C(=O)[O-].[Na+]. The molecule has 1 N–H and O–H groups in total. The van der Waals surface area contributed by atoms with E-state index in [1.807, 2.05) is 6.92 Å². The van der Waals surface area contributed by atoms with E-state index < -0.39 is 5.97 Å². The number of carbonyl (C=O) groups is 1. The van der Waals surface area contributed by atoms with Gasteiger partial charge in [-0.1, -0.05) is 6.92 Å². The fraction of sp³-hybridized carbons (Fsp3) is 0.222. The molecule has 0 spiro atoms. The summed E-state index contributed by atoms with van der Waals surface area (Å²) in [6, 6.07) is 4.12. The number of hydrogen-bond acceptors (Lipinski definition) is 3. The molecule has 0 aliphatic rings. The summed E-state index contributed by atoms with van der Waals surface area (Å²) in [5, 5.41) is 19.5. The van der Waals surface area contributed by atoms with Crippen molar-refractivity contribution in [2.45, 2.75) is 13.3 Å². The molecule has 1 aromatic rings. The Kier molecular flexibility index (Phi) is 5.06. The molecule has 64 valence electrons. The zero-order valence-electron chi connectivity index (χ0n) is 7.70. The van der Waals surface area contributed by atoms with E-state index in [-0.39, 0.29) is 40.9 Å². The summed E-state index contributed by atoms with van der Waals surface area (Å²) < 4.78 is 0. The third kappa shape index (κ3) is 3.03. The molecule has 0 unspecified atom stereocenters. The maximum Gasteiger partial charge on any atom is 1.00 e. The Labute approximate surface area is 98.7 Å². The van der Waals surface area contributed by atoms with E-state index >= 15 is 0 Å². The van der Waals surface area contributed by atoms with Crippen LogP contribution >= 0.6 is 0 Å². The van der Waals surface area contributed by atoms with Crippen LogP contribution in [0.2, 0.25) is 0 Å². The van der Waals surface area contributed by atoms with Crippen LogP contribution in [0.15, 0.2) is 18.2 Å². The Morgan fingerprint density at radius 3 is 2.62 bits per heavy atom. The number of carboxylic acids is 1. The first-order chi connectivity index (χ1) is 5.65. The number of phenols is 1. The molecule has 3 nitrogen and oxygen atoms in total. The molecule has 0 atom stereocenters. The van der Waals surface area contributed by atoms with E-state index in [1.165, 1.54) is 18.2 Å². The van der Waals surface area contributed by atoms with Crippen LogP contribution in [0.5, 0.6) is 5.75 Å². The molecule has 0 saturated heterocycles. The van der Waals surface area contributed by atoms with Crippen molar-refractivity contribution in [3.8, 4) is 5.75 Å². The van der Waals surface area contributed by atoms with Crippen molar-refractivity contribution in [2.24, 2.45) is 0 Å². The third-order valence-electron chi connectivity index (χ3n) is 1.69. The Balaban J connectivity index is 0.00000144. The zero-order chi connectivity index (χ0) is 9.14. The first kappa shape index (κ1) is 12.5. The number of hydrogen-bond donors (Lipinski definition) is 1.